The Labute approximate surface area is 85.4 Å². The molecular formula is C10H13O3P. The third-order valence-electron chi connectivity index (χ3n) is 1.95. The maximum atomic E-state index is 10.5. The molecule has 4 heteroatoms. The van der Waals surface area contributed by atoms with Gasteiger partial charge < -0.3 is 9.90 Å². The fourth-order valence-electron chi connectivity index (χ4n) is 1.22. The van der Waals surface area contributed by atoms with Gasteiger partial charge in [-0.2, -0.15) is 0 Å². The van der Waals surface area contributed by atoms with Crippen LogP contribution in [-0.4, -0.2) is 18.0 Å². The Kier molecular flexibility index (Phi) is 6.81. The monoisotopic (exact) mass is 212 g/mol. The lowest BCUT2D eigenvalue weighted by Crippen LogP contribution is -2.06. The summed E-state index contributed by atoms with van der Waals surface area (Å²) in [5, 5.41) is 8.87. The topological polar surface area (TPSA) is 54.4 Å². The van der Waals surface area contributed by atoms with E-state index in [1.807, 2.05) is 31.2 Å². The van der Waals surface area contributed by atoms with Crippen LogP contribution in [0.5, 0.6) is 0 Å². The summed E-state index contributed by atoms with van der Waals surface area (Å²) in [6.45, 7) is 1.82. The molecule has 0 amide bonds. The summed E-state index contributed by atoms with van der Waals surface area (Å²) in [6, 6.07) is 7.58. The third-order valence-corrected chi connectivity index (χ3v) is 1.95. The van der Waals surface area contributed by atoms with Gasteiger partial charge in [0.05, 0.1) is 12.5 Å². The minimum Gasteiger partial charge on any atom is -0.395 e. The number of carbonyl (C=O) groups is 1. The van der Waals surface area contributed by atoms with E-state index in [4.69, 9.17) is 9.67 Å². The molecule has 14 heavy (non-hydrogen) atoms. The zero-order chi connectivity index (χ0) is 11.0. The van der Waals surface area contributed by atoms with E-state index in [1.54, 1.807) is 9.12 Å². The predicted octanol–water partition coefficient (Wildman–Crippen LogP) is 1.74. The van der Waals surface area contributed by atoms with Gasteiger partial charge in [-0.3, -0.25) is 4.57 Å². The summed E-state index contributed by atoms with van der Waals surface area (Å²) in [5.74, 6) is -0.369. The molecule has 0 aliphatic heterocycles. The van der Waals surface area contributed by atoms with Crippen molar-refractivity contribution in [3.05, 3.63) is 35.4 Å². The highest BCUT2D eigenvalue weighted by Crippen LogP contribution is 2.16. The molecule has 0 spiro atoms. The van der Waals surface area contributed by atoms with Crippen LogP contribution in [0.2, 0.25) is 0 Å². The van der Waals surface area contributed by atoms with E-state index in [0.717, 1.165) is 17.4 Å². The summed E-state index contributed by atoms with van der Waals surface area (Å²) in [6.07, 6.45) is 0.780. The Morgan fingerprint density at radius 3 is 2.43 bits per heavy atom. The minimum atomic E-state index is -0.369. The maximum absolute atomic E-state index is 10.5. The van der Waals surface area contributed by atoms with Crippen LogP contribution in [0.3, 0.4) is 0 Å². The molecule has 76 valence electrons. The van der Waals surface area contributed by atoms with Gasteiger partial charge >= 0.3 is 0 Å². The second-order valence-corrected chi connectivity index (χ2v) is 2.78. The van der Waals surface area contributed by atoms with Crippen molar-refractivity contribution in [2.24, 2.45) is 0 Å². The molecule has 0 fully saturated rings. The van der Waals surface area contributed by atoms with Gasteiger partial charge in [0.25, 0.3) is 0 Å². The number of aryl methyl sites for hydroxylation is 1. The van der Waals surface area contributed by atoms with Gasteiger partial charge in [-0.15, -0.1) is 0 Å². The van der Waals surface area contributed by atoms with Crippen molar-refractivity contribution in [2.45, 2.75) is 12.8 Å². The van der Waals surface area contributed by atoms with Gasteiger partial charge in [-0.1, -0.05) is 24.3 Å². The molecule has 0 saturated carbocycles. The lowest BCUT2D eigenvalue weighted by atomic mass is 9.97. The number of benzene rings is 1. The molecule has 1 aromatic carbocycles. The largest absolute Gasteiger partial charge is 0.395 e. The molecule has 0 bridgehead atoms. The molecule has 0 aliphatic carbocycles. The average Bonchev–Trinajstić information content (AvgIpc) is 2.25. The van der Waals surface area contributed by atoms with Crippen LogP contribution >= 0.6 is 9.12 Å². The predicted molar refractivity (Wildman–Crippen MR) is 56.1 cm³/mol. The molecule has 1 unspecified atom stereocenters. The summed E-state index contributed by atoms with van der Waals surface area (Å²) >= 11 is 0. The van der Waals surface area contributed by atoms with Crippen LogP contribution in [0.4, 0.5) is 0 Å². The van der Waals surface area contributed by atoms with Crippen molar-refractivity contribution >= 4 is 15.4 Å². The van der Waals surface area contributed by atoms with E-state index in [1.165, 1.54) is 0 Å². The molecule has 1 rings (SSSR count). The van der Waals surface area contributed by atoms with Crippen LogP contribution in [0.25, 0.3) is 0 Å². The van der Waals surface area contributed by atoms with E-state index >= 15 is 0 Å². The zero-order valence-electron chi connectivity index (χ0n) is 7.93. The van der Waals surface area contributed by atoms with Crippen molar-refractivity contribution in [1.82, 2.24) is 0 Å². The molecule has 1 atom stereocenters. The second-order valence-electron chi connectivity index (χ2n) is 2.78. The molecule has 3 nitrogen and oxygen atoms in total. The van der Waals surface area contributed by atoms with E-state index in [0.29, 0.717) is 0 Å². The van der Waals surface area contributed by atoms with Gasteiger partial charge in [0, 0.05) is 0 Å². The smallest absolute Gasteiger partial charge is 0.138 e. The van der Waals surface area contributed by atoms with Crippen LogP contribution in [0.1, 0.15) is 17.0 Å². The van der Waals surface area contributed by atoms with Crippen molar-refractivity contribution < 1.29 is 14.5 Å². The quantitative estimate of drug-likeness (QED) is 0.613. The lowest BCUT2D eigenvalue weighted by molar-refractivity contribution is -0.109. The van der Waals surface area contributed by atoms with Crippen molar-refractivity contribution in [3.8, 4) is 0 Å². The normalized spacial score (nSPS) is 11.0. The number of aliphatic hydroxyl groups excluding tert-OH is 1. The van der Waals surface area contributed by atoms with Crippen LogP contribution in [-0.2, 0) is 9.36 Å². The highest BCUT2D eigenvalue weighted by atomic mass is 31.0. The van der Waals surface area contributed by atoms with E-state index in [9.17, 15) is 4.79 Å². The molecule has 0 heterocycles. The molecule has 0 aliphatic rings. The number of aliphatic hydroxyl groups is 1. The first-order valence-corrected chi connectivity index (χ1v) is 4.52. The standard InChI is InChI=1S/C10H12O2.HOP/c1-8-4-2-3-5-10(8)9(6-11)7-12;1-2/h2-6,9,12H,7H2,1H3;2H. The Morgan fingerprint density at radius 2 is 2.00 bits per heavy atom. The molecule has 0 aromatic heterocycles. The Hall–Kier alpha value is -1.05. The number of hydrogen-bond donors (Lipinski definition) is 1. The minimum absolute atomic E-state index is 0.117. The van der Waals surface area contributed by atoms with Crippen LogP contribution < -0.4 is 0 Å². The molecule has 1 aromatic rings. The van der Waals surface area contributed by atoms with Gasteiger partial charge in [-0.05, 0) is 18.1 Å². The first-order chi connectivity index (χ1) is 6.79. The van der Waals surface area contributed by atoms with Gasteiger partial charge in [0.15, 0.2) is 0 Å². The van der Waals surface area contributed by atoms with Gasteiger partial charge in [-0.25, -0.2) is 0 Å². The van der Waals surface area contributed by atoms with Gasteiger partial charge in [0.1, 0.15) is 15.4 Å². The summed E-state index contributed by atoms with van der Waals surface area (Å²) in [7, 11) is 1.72. The molecule has 1 N–H and O–H groups in total. The van der Waals surface area contributed by atoms with Crippen molar-refractivity contribution in [1.29, 1.82) is 0 Å². The van der Waals surface area contributed by atoms with E-state index in [2.05, 4.69) is 0 Å². The fourth-order valence-corrected chi connectivity index (χ4v) is 1.22. The second kappa shape index (κ2) is 7.36. The van der Waals surface area contributed by atoms with Crippen LogP contribution in [0, 0.1) is 6.92 Å². The zero-order valence-corrected chi connectivity index (χ0v) is 8.93. The average molecular weight is 212 g/mol. The van der Waals surface area contributed by atoms with E-state index in [-0.39, 0.29) is 12.5 Å². The van der Waals surface area contributed by atoms with Crippen LogP contribution in [0.15, 0.2) is 24.3 Å². The summed E-state index contributed by atoms with van der Waals surface area (Å²) in [4.78, 5) is 10.5. The first kappa shape index (κ1) is 12.9. The maximum Gasteiger partial charge on any atom is 0.138 e. The highest BCUT2D eigenvalue weighted by Gasteiger charge is 2.09. The number of aldehydes is 1. The number of rotatable bonds is 3. The first-order valence-electron chi connectivity index (χ1n) is 4.11. The number of carbonyl (C=O) groups excluding carboxylic acids is 1. The molecule has 0 radical (unpaired) electrons. The van der Waals surface area contributed by atoms with Crippen molar-refractivity contribution in [2.75, 3.05) is 6.61 Å². The molecule has 0 saturated heterocycles. The number of hydrogen-bond acceptors (Lipinski definition) is 3. The van der Waals surface area contributed by atoms with Crippen molar-refractivity contribution in [3.63, 3.8) is 0 Å². The van der Waals surface area contributed by atoms with Gasteiger partial charge in [0.2, 0.25) is 0 Å². The summed E-state index contributed by atoms with van der Waals surface area (Å²) < 4.78 is 8.06. The SMILES string of the molecule is Cc1ccccc1C(C=O)CO.O=P. The highest BCUT2D eigenvalue weighted by molar-refractivity contribution is 7.00. The Balaban J connectivity index is 0.000000791. The van der Waals surface area contributed by atoms with E-state index < -0.39 is 0 Å². The lowest BCUT2D eigenvalue weighted by Gasteiger charge is -2.09. The third kappa shape index (κ3) is 3.36. The molecular weight excluding hydrogens is 199 g/mol. The Morgan fingerprint density at radius 1 is 1.43 bits per heavy atom. The fraction of sp³-hybridized carbons (Fsp3) is 0.300. The Bertz CT molecular complexity index is 288. The summed E-state index contributed by atoms with van der Waals surface area (Å²) in [5.41, 5.74) is 1.96.